The fourth-order valence-corrected chi connectivity index (χ4v) is 4.75. The Morgan fingerprint density at radius 3 is 2.10 bits per heavy atom. The highest BCUT2D eigenvalue weighted by Crippen LogP contribution is 2.41. The van der Waals surface area contributed by atoms with Gasteiger partial charge >= 0.3 is 24.2 Å². The number of alkyl halides is 5. The topological polar surface area (TPSA) is 114 Å². The Morgan fingerprint density at radius 2 is 1.48 bits per heavy atom. The van der Waals surface area contributed by atoms with Crippen molar-refractivity contribution in [3.63, 3.8) is 0 Å². The molecule has 0 spiro atoms. The maximum absolute atomic E-state index is 14.7. The van der Waals surface area contributed by atoms with Crippen molar-refractivity contribution in [3.8, 4) is 5.75 Å². The molecule has 42 heavy (non-hydrogen) atoms. The quantitative estimate of drug-likeness (QED) is 0.0827. The Bertz CT molecular complexity index is 1190. The zero-order valence-corrected chi connectivity index (χ0v) is 23.0. The lowest BCUT2D eigenvalue weighted by molar-refractivity contribution is -0.223. The van der Waals surface area contributed by atoms with Crippen LogP contribution in [0.5, 0.6) is 5.75 Å². The van der Waals surface area contributed by atoms with Gasteiger partial charge in [0.05, 0.1) is 24.7 Å². The number of anilines is 2. The molecule has 0 radical (unpaired) electrons. The standard InChI is InChI=1S/C30H35F5N2O5/c31-29(32,33)14-1-3-20-4-9-23(10-5-20)30(34,35)42-26-11-6-21(7-12-26)8-13-27(38)40-15-2-16-41-28(39)22-17-24(36)19-25(37)18-22/h6-8,11-13,17-20,23H,1-5,9-10,14-16,36-37H2. The second-order valence-electron chi connectivity index (χ2n) is 10.3. The third kappa shape index (κ3) is 11.2. The second-order valence-corrected chi connectivity index (χ2v) is 10.3. The summed E-state index contributed by atoms with van der Waals surface area (Å²) < 4.78 is 81.6. The van der Waals surface area contributed by atoms with Crippen LogP contribution in [0.2, 0.25) is 0 Å². The van der Waals surface area contributed by atoms with Gasteiger partial charge in [0.2, 0.25) is 0 Å². The lowest BCUT2D eigenvalue weighted by Gasteiger charge is -2.33. The first kappa shape index (κ1) is 32.7. The Kier molecular flexibility index (Phi) is 11.6. The van der Waals surface area contributed by atoms with Crippen LogP contribution in [0.15, 0.2) is 48.5 Å². The first-order chi connectivity index (χ1) is 19.8. The molecule has 0 bridgehead atoms. The number of ether oxygens (including phenoxy) is 3. The summed E-state index contributed by atoms with van der Waals surface area (Å²) in [5, 5.41) is 0. The van der Waals surface area contributed by atoms with Crippen LogP contribution in [0, 0.1) is 11.8 Å². The average molecular weight is 599 g/mol. The minimum atomic E-state index is -4.19. The van der Waals surface area contributed by atoms with Crippen LogP contribution in [0.1, 0.15) is 67.3 Å². The maximum Gasteiger partial charge on any atom is 0.400 e. The molecular formula is C30H35F5N2O5. The van der Waals surface area contributed by atoms with Gasteiger partial charge in [-0.15, -0.1) is 0 Å². The zero-order chi connectivity index (χ0) is 30.8. The van der Waals surface area contributed by atoms with Crippen molar-refractivity contribution in [1.29, 1.82) is 0 Å². The monoisotopic (exact) mass is 598 g/mol. The number of hydrogen-bond acceptors (Lipinski definition) is 7. The highest BCUT2D eigenvalue weighted by molar-refractivity contribution is 5.91. The van der Waals surface area contributed by atoms with Crippen LogP contribution in [-0.4, -0.2) is 37.4 Å². The Labute approximate surface area is 241 Å². The van der Waals surface area contributed by atoms with Gasteiger partial charge in [0.1, 0.15) is 5.75 Å². The van der Waals surface area contributed by atoms with Crippen molar-refractivity contribution < 1.29 is 45.8 Å². The summed E-state index contributed by atoms with van der Waals surface area (Å²) in [7, 11) is 0. The summed E-state index contributed by atoms with van der Waals surface area (Å²) in [4.78, 5) is 24.0. The number of halogens is 5. The number of carbonyl (C=O) groups excluding carboxylic acids is 2. The summed E-state index contributed by atoms with van der Waals surface area (Å²) in [6, 6.07) is 10.1. The number of esters is 2. The molecule has 2 aromatic rings. The molecule has 12 heteroatoms. The lowest BCUT2D eigenvalue weighted by atomic mass is 9.79. The molecule has 0 heterocycles. The van der Waals surface area contributed by atoms with Gasteiger partial charge < -0.3 is 25.7 Å². The molecule has 2 aromatic carbocycles. The molecule has 3 rings (SSSR count). The van der Waals surface area contributed by atoms with Crippen molar-refractivity contribution >= 4 is 29.4 Å². The molecule has 0 saturated heterocycles. The van der Waals surface area contributed by atoms with Crippen molar-refractivity contribution in [2.45, 2.75) is 63.7 Å². The maximum atomic E-state index is 14.7. The SMILES string of the molecule is Nc1cc(N)cc(C(=O)OCCCOC(=O)C=Cc2ccc(OC(F)(F)C3CCC(CCCC(F)(F)F)CC3)cc2)c1. The minimum Gasteiger partial charge on any atom is -0.462 e. The van der Waals surface area contributed by atoms with Gasteiger partial charge in [0, 0.05) is 30.3 Å². The average Bonchev–Trinajstić information content (AvgIpc) is 2.91. The largest absolute Gasteiger partial charge is 0.462 e. The normalized spacial score (nSPS) is 17.6. The molecule has 0 unspecified atom stereocenters. The molecular weight excluding hydrogens is 563 g/mol. The molecule has 0 amide bonds. The van der Waals surface area contributed by atoms with Crippen molar-refractivity contribution in [2.24, 2.45) is 11.8 Å². The number of nitrogens with two attached hydrogens (primary N) is 2. The van der Waals surface area contributed by atoms with Gasteiger partial charge in [-0.05, 0) is 80.0 Å². The minimum absolute atomic E-state index is 0.00680. The van der Waals surface area contributed by atoms with E-state index in [1.165, 1.54) is 54.6 Å². The molecule has 0 atom stereocenters. The second kappa shape index (κ2) is 14.9. The van der Waals surface area contributed by atoms with Gasteiger partial charge in [-0.2, -0.15) is 22.0 Å². The van der Waals surface area contributed by atoms with E-state index < -0.39 is 36.6 Å². The first-order valence-electron chi connectivity index (χ1n) is 13.7. The lowest BCUT2D eigenvalue weighted by Crippen LogP contribution is -2.37. The van der Waals surface area contributed by atoms with Crippen LogP contribution in [0.25, 0.3) is 6.08 Å². The Morgan fingerprint density at radius 1 is 0.857 bits per heavy atom. The van der Waals surface area contributed by atoms with Crippen LogP contribution in [0.3, 0.4) is 0 Å². The molecule has 7 nitrogen and oxygen atoms in total. The van der Waals surface area contributed by atoms with E-state index in [1.54, 1.807) is 0 Å². The van der Waals surface area contributed by atoms with Gasteiger partial charge in [-0.25, -0.2) is 9.59 Å². The summed E-state index contributed by atoms with van der Waals surface area (Å²) in [5.74, 6) is -2.26. The zero-order valence-electron chi connectivity index (χ0n) is 23.0. The summed E-state index contributed by atoms with van der Waals surface area (Å²) in [6.45, 7) is 0.0207. The molecule has 230 valence electrons. The van der Waals surface area contributed by atoms with Crippen LogP contribution in [0.4, 0.5) is 33.3 Å². The van der Waals surface area contributed by atoms with E-state index in [0.717, 1.165) is 0 Å². The van der Waals surface area contributed by atoms with Crippen LogP contribution < -0.4 is 16.2 Å². The Hall–Kier alpha value is -3.83. The predicted octanol–water partition coefficient (Wildman–Crippen LogP) is 7.17. The first-order valence-corrected chi connectivity index (χ1v) is 13.7. The van der Waals surface area contributed by atoms with Gasteiger partial charge in [-0.1, -0.05) is 18.6 Å². The predicted molar refractivity (Wildman–Crippen MR) is 148 cm³/mol. The molecule has 1 fully saturated rings. The van der Waals surface area contributed by atoms with Crippen molar-refractivity contribution in [2.75, 3.05) is 24.7 Å². The highest BCUT2D eigenvalue weighted by atomic mass is 19.4. The van der Waals surface area contributed by atoms with E-state index in [2.05, 4.69) is 0 Å². The number of carbonyl (C=O) groups is 2. The third-order valence-electron chi connectivity index (χ3n) is 6.92. The number of nitrogen functional groups attached to an aromatic ring is 2. The van der Waals surface area contributed by atoms with E-state index >= 15 is 0 Å². The van der Waals surface area contributed by atoms with Crippen LogP contribution >= 0.6 is 0 Å². The van der Waals surface area contributed by atoms with Crippen molar-refractivity contribution in [3.05, 3.63) is 59.7 Å². The summed E-state index contributed by atoms with van der Waals surface area (Å²) in [6.07, 6.45) is -3.87. The highest BCUT2D eigenvalue weighted by Gasteiger charge is 2.44. The van der Waals surface area contributed by atoms with Gasteiger partial charge in [-0.3, -0.25) is 0 Å². The molecule has 0 aliphatic heterocycles. The van der Waals surface area contributed by atoms with Gasteiger partial charge in [0.25, 0.3) is 0 Å². The number of rotatable bonds is 13. The fraction of sp³-hybridized carbons (Fsp3) is 0.467. The fourth-order valence-electron chi connectivity index (χ4n) is 4.75. The third-order valence-corrected chi connectivity index (χ3v) is 6.92. The van der Waals surface area contributed by atoms with E-state index in [0.29, 0.717) is 36.2 Å². The molecule has 0 aromatic heterocycles. The molecule has 1 aliphatic carbocycles. The summed E-state index contributed by atoms with van der Waals surface area (Å²) in [5.41, 5.74) is 12.7. The van der Waals surface area contributed by atoms with E-state index in [9.17, 15) is 31.5 Å². The van der Waals surface area contributed by atoms with E-state index in [-0.39, 0.29) is 56.1 Å². The van der Waals surface area contributed by atoms with Gasteiger partial charge in [0.15, 0.2) is 0 Å². The smallest absolute Gasteiger partial charge is 0.400 e. The Balaban J connectivity index is 1.34. The molecule has 1 aliphatic rings. The van der Waals surface area contributed by atoms with Crippen molar-refractivity contribution in [1.82, 2.24) is 0 Å². The van der Waals surface area contributed by atoms with Crippen LogP contribution in [-0.2, 0) is 14.3 Å². The van der Waals surface area contributed by atoms with E-state index in [1.807, 2.05) is 0 Å². The molecule has 4 N–H and O–H groups in total. The number of benzene rings is 2. The van der Waals surface area contributed by atoms with E-state index in [4.69, 9.17) is 25.7 Å². The molecule has 1 saturated carbocycles. The number of hydrogen-bond donors (Lipinski definition) is 2. The summed E-state index contributed by atoms with van der Waals surface area (Å²) >= 11 is 0.